The Kier molecular flexibility index (Phi) is 5.27. The van der Waals surface area contributed by atoms with E-state index in [0.717, 1.165) is 17.7 Å². The summed E-state index contributed by atoms with van der Waals surface area (Å²) in [5.74, 6) is 1.54. The van der Waals surface area contributed by atoms with Crippen LogP contribution in [0.4, 0.5) is 0 Å². The maximum atomic E-state index is 6.05. The molecule has 0 N–H and O–H groups in total. The van der Waals surface area contributed by atoms with Crippen LogP contribution in [0.1, 0.15) is 37.5 Å². The van der Waals surface area contributed by atoms with E-state index in [4.69, 9.17) is 4.74 Å². The van der Waals surface area contributed by atoms with Crippen molar-refractivity contribution in [3.8, 4) is 5.75 Å². The Bertz CT molecular complexity index is 404. The molecule has 0 aromatic heterocycles. The van der Waals surface area contributed by atoms with Gasteiger partial charge in [0, 0.05) is 11.2 Å². The normalized spacial score (nSPS) is 13.5. The molecule has 0 fully saturated rings. The summed E-state index contributed by atoms with van der Waals surface area (Å²) in [6, 6.07) is 4.34. The summed E-state index contributed by atoms with van der Waals surface area (Å²) in [4.78, 5) is 0. The van der Waals surface area contributed by atoms with Gasteiger partial charge in [-0.05, 0) is 48.9 Å². The van der Waals surface area contributed by atoms with Crippen molar-refractivity contribution in [2.45, 2.75) is 41.5 Å². The summed E-state index contributed by atoms with van der Waals surface area (Å²) in [6.07, 6.45) is 0. The maximum Gasteiger partial charge on any atom is 0.122 e. The number of hydrogen-bond donors (Lipinski definition) is 0. The lowest BCUT2D eigenvalue weighted by Gasteiger charge is -2.29. The number of hydrogen-bond acceptors (Lipinski definition) is 1. The van der Waals surface area contributed by atoms with Gasteiger partial charge in [-0.15, -0.1) is 0 Å². The third-order valence-corrected chi connectivity index (χ3v) is 4.40. The molecule has 0 bridgehead atoms. The van der Waals surface area contributed by atoms with Gasteiger partial charge in [-0.25, -0.2) is 0 Å². The zero-order chi connectivity index (χ0) is 13.9. The first-order valence-electron chi connectivity index (χ1n) is 6.52. The van der Waals surface area contributed by atoms with Crippen LogP contribution in [0.5, 0.6) is 5.75 Å². The molecule has 0 heterocycles. The molecular weight excluding hydrogens is 288 g/mol. The second kappa shape index (κ2) is 6.10. The molecule has 0 saturated heterocycles. The van der Waals surface area contributed by atoms with E-state index < -0.39 is 0 Å². The summed E-state index contributed by atoms with van der Waals surface area (Å²) < 4.78 is 6.05. The van der Waals surface area contributed by atoms with Crippen LogP contribution in [-0.4, -0.2) is 11.9 Å². The highest BCUT2D eigenvalue weighted by atomic mass is 79.9. The standard InChI is InChI=1S/C16H25BrO/c1-11-7-12(2)13(3)15(8-11)18-10-14(9-17)16(4,5)6/h7-8,14H,9-10H2,1-6H3. The van der Waals surface area contributed by atoms with E-state index in [1.54, 1.807) is 0 Å². The highest BCUT2D eigenvalue weighted by Gasteiger charge is 2.24. The van der Waals surface area contributed by atoms with Gasteiger partial charge in [-0.1, -0.05) is 42.8 Å². The maximum absolute atomic E-state index is 6.05. The van der Waals surface area contributed by atoms with Crippen molar-refractivity contribution in [2.75, 3.05) is 11.9 Å². The largest absolute Gasteiger partial charge is 0.493 e. The highest BCUT2D eigenvalue weighted by molar-refractivity contribution is 9.09. The summed E-state index contributed by atoms with van der Waals surface area (Å²) in [5, 5.41) is 0.973. The van der Waals surface area contributed by atoms with Crippen LogP contribution in [-0.2, 0) is 0 Å². The minimum Gasteiger partial charge on any atom is -0.493 e. The molecule has 2 heteroatoms. The van der Waals surface area contributed by atoms with E-state index in [-0.39, 0.29) is 5.41 Å². The van der Waals surface area contributed by atoms with E-state index >= 15 is 0 Å². The van der Waals surface area contributed by atoms with Gasteiger partial charge < -0.3 is 4.74 Å². The molecule has 0 aliphatic carbocycles. The van der Waals surface area contributed by atoms with Crippen LogP contribution in [0, 0.1) is 32.1 Å². The molecule has 0 saturated carbocycles. The van der Waals surface area contributed by atoms with Crippen molar-refractivity contribution < 1.29 is 4.74 Å². The predicted molar refractivity (Wildman–Crippen MR) is 82.9 cm³/mol. The minimum atomic E-state index is 0.260. The first kappa shape index (κ1) is 15.6. The fourth-order valence-corrected chi connectivity index (χ4v) is 3.03. The molecule has 0 aliphatic heterocycles. The van der Waals surface area contributed by atoms with Gasteiger partial charge in [-0.3, -0.25) is 0 Å². The van der Waals surface area contributed by atoms with Crippen molar-refractivity contribution in [3.05, 3.63) is 28.8 Å². The van der Waals surface area contributed by atoms with Crippen LogP contribution < -0.4 is 4.74 Å². The number of rotatable bonds is 4. The first-order chi connectivity index (χ1) is 8.25. The van der Waals surface area contributed by atoms with Crippen LogP contribution >= 0.6 is 15.9 Å². The molecule has 18 heavy (non-hydrogen) atoms. The minimum absolute atomic E-state index is 0.260. The Morgan fingerprint density at radius 3 is 2.28 bits per heavy atom. The number of benzene rings is 1. The fraction of sp³-hybridized carbons (Fsp3) is 0.625. The van der Waals surface area contributed by atoms with E-state index in [0.29, 0.717) is 5.92 Å². The van der Waals surface area contributed by atoms with Gasteiger partial charge >= 0.3 is 0 Å². The lowest BCUT2D eigenvalue weighted by Crippen LogP contribution is -2.28. The van der Waals surface area contributed by atoms with Crippen LogP contribution in [0.2, 0.25) is 0 Å². The van der Waals surface area contributed by atoms with Gasteiger partial charge in [-0.2, -0.15) is 0 Å². The van der Waals surface area contributed by atoms with Crippen molar-refractivity contribution in [1.82, 2.24) is 0 Å². The van der Waals surface area contributed by atoms with Crippen molar-refractivity contribution in [1.29, 1.82) is 0 Å². The smallest absolute Gasteiger partial charge is 0.122 e. The van der Waals surface area contributed by atoms with E-state index in [1.165, 1.54) is 16.7 Å². The Labute approximate surface area is 120 Å². The fourth-order valence-electron chi connectivity index (χ4n) is 1.87. The molecule has 0 amide bonds. The summed E-state index contributed by atoms with van der Waals surface area (Å²) >= 11 is 3.59. The zero-order valence-corrected chi connectivity index (χ0v) is 14.0. The van der Waals surface area contributed by atoms with Gasteiger partial charge in [0.05, 0.1) is 6.61 Å². The third-order valence-electron chi connectivity index (χ3n) is 3.62. The molecule has 0 radical (unpaired) electrons. The number of halogens is 1. The highest BCUT2D eigenvalue weighted by Crippen LogP contribution is 2.30. The SMILES string of the molecule is Cc1cc(C)c(C)c(OCC(CBr)C(C)(C)C)c1. The molecule has 1 nitrogen and oxygen atoms in total. The summed E-state index contributed by atoms with van der Waals surface area (Å²) in [5.41, 5.74) is 4.08. The lowest BCUT2D eigenvalue weighted by molar-refractivity contribution is 0.165. The van der Waals surface area contributed by atoms with Crippen molar-refractivity contribution in [3.63, 3.8) is 0 Å². The molecule has 102 valence electrons. The topological polar surface area (TPSA) is 9.23 Å². The number of aryl methyl sites for hydroxylation is 2. The van der Waals surface area contributed by atoms with E-state index in [1.807, 2.05) is 0 Å². The van der Waals surface area contributed by atoms with Crippen LogP contribution in [0.3, 0.4) is 0 Å². The molecule has 1 unspecified atom stereocenters. The molecule has 0 aliphatic rings. The zero-order valence-electron chi connectivity index (χ0n) is 12.4. The van der Waals surface area contributed by atoms with Gasteiger partial charge in [0.15, 0.2) is 0 Å². The van der Waals surface area contributed by atoms with Gasteiger partial charge in [0.1, 0.15) is 5.75 Å². The first-order valence-corrected chi connectivity index (χ1v) is 7.64. The summed E-state index contributed by atoms with van der Waals surface area (Å²) in [6.45, 7) is 13.9. The van der Waals surface area contributed by atoms with Crippen molar-refractivity contribution in [2.24, 2.45) is 11.3 Å². The molecule has 1 aromatic rings. The Hall–Kier alpha value is -0.500. The second-order valence-corrected chi connectivity index (χ2v) is 6.88. The van der Waals surface area contributed by atoms with E-state index in [2.05, 4.69) is 69.6 Å². The molecule has 0 spiro atoms. The second-order valence-electron chi connectivity index (χ2n) is 6.23. The monoisotopic (exact) mass is 312 g/mol. The predicted octanol–water partition coefficient (Wildman–Crippen LogP) is 5.05. The van der Waals surface area contributed by atoms with Crippen LogP contribution in [0.25, 0.3) is 0 Å². The quantitative estimate of drug-likeness (QED) is 0.707. The molecule has 1 atom stereocenters. The Morgan fingerprint density at radius 2 is 1.78 bits per heavy atom. The van der Waals surface area contributed by atoms with Gasteiger partial charge in [0.2, 0.25) is 0 Å². The molecule has 1 aromatic carbocycles. The average molecular weight is 313 g/mol. The van der Waals surface area contributed by atoms with Gasteiger partial charge in [0.25, 0.3) is 0 Å². The number of alkyl halides is 1. The molecular formula is C16H25BrO. The summed E-state index contributed by atoms with van der Waals surface area (Å²) in [7, 11) is 0. The average Bonchev–Trinajstić information content (AvgIpc) is 2.23. The van der Waals surface area contributed by atoms with Crippen LogP contribution in [0.15, 0.2) is 12.1 Å². The molecule has 1 rings (SSSR count). The third kappa shape index (κ3) is 4.01. The van der Waals surface area contributed by atoms with Crippen molar-refractivity contribution >= 4 is 15.9 Å². The van der Waals surface area contributed by atoms with E-state index in [9.17, 15) is 0 Å². The Morgan fingerprint density at radius 1 is 1.17 bits per heavy atom. The Balaban J connectivity index is 2.80. The lowest BCUT2D eigenvalue weighted by atomic mass is 9.83. The number of ether oxygens (including phenoxy) is 1.